The number of rotatable bonds is 59. The number of phosphoric ester groups is 1. The molecule has 0 heterocycles. The number of hydrogen-bond donors (Lipinski definition) is 2. The van der Waals surface area contributed by atoms with Gasteiger partial charge in [-0.3, -0.25) is 18.6 Å². The fraction of sp³-hybridized carbons (Fsp3) is 0.848. The van der Waals surface area contributed by atoms with Crippen LogP contribution in [0.2, 0.25) is 0 Å². The van der Waals surface area contributed by atoms with Crippen LogP contribution in [-0.2, 0) is 27.9 Å². The van der Waals surface area contributed by atoms with Gasteiger partial charge in [-0.1, -0.05) is 256 Å². The standard InChI is InChI=1S/C66H125N2O7P/c1-7-10-13-16-19-22-25-28-30-32-33-34-35-37-38-40-43-46-49-52-55-58-65(69)67-63(62-74-76(71,72)73-61-60-68(4,5)6)64(57-54-51-48-45-42-27-24-21-18-15-12-9-3)75-66(70)59-56-53-50-47-44-41-39-36-31-29-26-23-20-17-14-11-8-2/h20,23,28-31,54,57,63-64H,7-19,21-22,24-27,32-53,55-56,58-62H2,1-6H3,(H-,67,69,71,72)/p+1/b23-20-,30-28+,31-29-,57-54-. The van der Waals surface area contributed by atoms with E-state index in [0.29, 0.717) is 17.4 Å². The van der Waals surface area contributed by atoms with E-state index >= 15 is 0 Å². The molecule has 10 heteroatoms. The molecule has 446 valence electrons. The number of likely N-dealkylation sites (N-methyl/N-ethyl adjacent to an activating group) is 1. The van der Waals surface area contributed by atoms with E-state index in [-0.39, 0.29) is 31.5 Å². The first-order valence-corrected chi connectivity index (χ1v) is 34.0. The Labute approximate surface area is 471 Å². The number of hydrogen-bond acceptors (Lipinski definition) is 6. The summed E-state index contributed by atoms with van der Waals surface area (Å²) in [6.45, 7) is 7.01. The largest absolute Gasteiger partial charge is 0.472 e. The molecule has 0 aromatic rings. The third kappa shape index (κ3) is 56.7. The van der Waals surface area contributed by atoms with Gasteiger partial charge in [0.1, 0.15) is 19.3 Å². The fourth-order valence-electron chi connectivity index (χ4n) is 9.44. The lowest BCUT2D eigenvalue weighted by molar-refractivity contribution is -0.870. The second-order valence-electron chi connectivity index (χ2n) is 23.3. The smallest absolute Gasteiger partial charge is 0.456 e. The van der Waals surface area contributed by atoms with E-state index in [1.54, 1.807) is 0 Å². The molecular weight excluding hydrogens is 964 g/mol. The summed E-state index contributed by atoms with van der Waals surface area (Å²) in [6, 6.07) is -0.851. The lowest BCUT2D eigenvalue weighted by atomic mass is 10.0. The van der Waals surface area contributed by atoms with Crippen molar-refractivity contribution in [3.63, 3.8) is 0 Å². The number of amides is 1. The lowest BCUT2D eigenvalue weighted by Gasteiger charge is -2.27. The zero-order valence-corrected chi connectivity index (χ0v) is 51.9. The lowest BCUT2D eigenvalue weighted by Crippen LogP contribution is -2.47. The normalized spacial score (nSPS) is 13.9. The predicted octanol–water partition coefficient (Wildman–Crippen LogP) is 20.1. The highest BCUT2D eigenvalue weighted by atomic mass is 31.2. The van der Waals surface area contributed by atoms with Crippen LogP contribution in [0.3, 0.4) is 0 Å². The minimum Gasteiger partial charge on any atom is -0.456 e. The highest BCUT2D eigenvalue weighted by Gasteiger charge is 2.30. The number of quaternary nitrogens is 1. The molecule has 2 N–H and O–H groups in total. The molecule has 0 aliphatic rings. The Hall–Kier alpha value is -2.03. The first-order chi connectivity index (χ1) is 36.9. The van der Waals surface area contributed by atoms with Crippen molar-refractivity contribution in [1.29, 1.82) is 0 Å². The number of ether oxygens (including phenoxy) is 1. The molecule has 1 amide bonds. The molecule has 0 aliphatic heterocycles. The highest BCUT2D eigenvalue weighted by Crippen LogP contribution is 2.43. The minimum absolute atomic E-state index is 0.0394. The van der Waals surface area contributed by atoms with Gasteiger partial charge in [-0.25, -0.2) is 4.57 Å². The van der Waals surface area contributed by atoms with E-state index < -0.39 is 20.0 Å². The Morgan fingerprint density at radius 2 is 0.803 bits per heavy atom. The monoisotopic (exact) mass is 1090 g/mol. The maximum Gasteiger partial charge on any atom is 0.472 e. The van der Waals surface area contributed by atoms with E-state index in [1.165, 1.54) is 199 Å². The minimum atomic E-state index is -4.45. The summed E-state index contributed by atoms with van der Waals surface area (Å²) in [7, 11) is 1.50. The molecule has 0 radical (unpaired) electrons. The molecule has 0 aromatic carbocycles. The van der Waals surface area contributed by atoms with Gasteiger partial charge < -0.3 is 19.4 Å². The first-order valence-electron chi connectivity index (χ1n) is 32.5. The summed E-state index contributed by atoms with van der Waals surface area (Å²) >= 11 is 0. The van der Waals surface area contributed by atoms with E-state index in [1.807, 2.05) is 33.3 Å². The van der Waals surface area contributed by atoms with Crippen LogP contribution in [-0.4, -0.2) is 74.3 Å². The maximum atomic E-state index is 13.6. The Morgan fingerprint density at radius 3 is 1.22 bits per heavy atom. The maximum absolute atomic E-state index is 13.6. The molecule has 3 atom stereocenters. The van der Waals surface area contributed by atoms with Crippen LogP contribution >= 0.6 is 7.82 Å². The topological polar surface area (TPSA) is 111 Å². The molecule has 0 bridgehead atoms. The van der Waals surface area contributed by atoms with Crippen LogP contribution in [0.15, 0.2) is 48.6 Å². The summed E-state index contributed by atoms with van der Waals surface area (Å²) in [5, 5.41) is 3.06. The molecule has 0 rings (SSSR count). The van der Waals surface area contributed by atoms with E-state index in [2.05, 4.69) is 62.5 Å². The number of unbranched alkanes of at least 4 members (excludes halogenated alkanes) is 37. The van der Waals surface area contributed by atoms with Crippen LogP contribution in [0.5, 0.6) is 0 Å². The number of allylic oxidation sites excluding steroid dienone is 7. The SMILES string of the molecule is CCCCC/C=C\C/C=C\CCCCCCCCCC(=O)OC(/C=C\CCCCCCCCCCCC)C(COP(=O)(O)OCC[N+](C)(C)C)NC(=O)CCCCCCCCCCCCC/C=C/CCCCCCCC. The van der Waals surface area contributed by atoms with Gasteiger partial charge in [-0.05, 0) is 89.5 Å². The molecule has 0 saturated heterocycles. The second-order valence-corrected chi connectivity index (χ2v) is 24.7. The molecule has 0 fully saturated rings. The van der Waals surface area contributed by atoms with Crippen molar-refractivity contribution in [3.05, 3.63) is 48.6 Å². The van der Waals surface area contributed by atoms with Gasteiger partial charge in [-0.15, -0.1) is 0 Å². The van der Waals surface area contributed by atoms with Crippen LogP contribution in [0.25, 0.3) is 0 Å². The quantitative estimate of drug-likeness (QED) is 0.0205. The van der Waals surface area contributed by atoms with Gasteiger partial charge in [-0.2, -0.15) is 0 Å². The average molecular weight is 1090 g/mol. The van der Waals surface area contributed by atoms with Gasteiger partial charge >= 0.3 is 13.8 Å². The van der Waals surface area contributed by atoms with Gasteiger partial charge in [0.25, 0.3) is 0 Å². The van der Waals surface area contributed by atoms with Crippen LogP contribution in [0.4, 0.5) is 0 Å². The Balaban J connectivity index is 5.19. The predicted molar refractivity (Wildman–Crippen MR) is 328 cm³/mol. The van der Waals surface area contributed by atoms with Crippen molar-refractivity contribution in [1.82, 2.24) is 5.32 Å². The van der Waals surface area contributed by atoms with E-state index in [0.717, 1.165) is 77.0 Å². The zero-order valence-electron chi connectivity index (χ0n) is 51.0. The van der Waals surface area contributed by atoms with Crippen LogP contribution < -0.4 is 5.32 Å². The van der Waals surface area contributed by atoms with Crippen molar-refractivity contribution in [2.45, 2.75) is 322 Å². The highest BCUT2D eigenvalue weighted by molar-refractivity contribution is 7.47. The zero-order chi connectivity index (χ0) is 55.7. The molecule has 9 nitrogen and oxygen atoms in total. The van der Waals surface area contributed by atoms with Crippen molar-refractivity contribution >= 4 is 19.7 Å². The molecular formula is C66H126N2O7P+. The van der Waals surface area contributed by atoms with Crippen LogP contribution in [0, 0.1) is 0 Å². The molecule has 76 heavy (non-hydrogen) atoms. The molecule has 0 spiro atoms. The molecule has 0 saturated carbocycles. The van der Waals surface area contributed by atoms with E-state index in [4.69, 9.17) is 13.8 Å². The number of carbonyl (C=O) groups excluding carboxylic acids is 2. The summed E-state index contributed by atoms with van der Waals surface area (Å²) in [5.74, 6) is -0.505. The number of esters is 1. The molecule has 3 unspecified atom stereocenters. The first kappa shape index (κ1) is 74.0. The number of nitrogens with zero attached hydrogens (tertiary/aromatic N) is 1. The average Bonchev–Trinajstić information content (AvgIpc) is 3.38. The third-order valence-electron chi connectivity index (χ3n) is 14.5. The van der Waals surface area contributed by atoms with Crippen molar-refractivity contribution < 1.29 is 37.3 Å². The summed E-state index contributed by atoms with van der Waals surface area (Å²) in [4.78, 5) is 37.8. The van der Waals surface area contributed by atoms with E-state index in [9.17, 15) is 19.0 Å². The van der Waals surface area contributed by atoms with Crippen molar-refractivity contribution in [2.75, 3.05) is 40.9 Å². The summed E-state index contributed by atoms with van der Waals surface area (Å²) < 4.78 is 30.7. The van der Waals surface area contributed by atoms with Gasteiger partial charge in [0.15, 0.2) is 0 Å². The second kappa shape index (κ2) is 56.3. The fourth-order valence-corrected chi connectivity index (χ4v) is 10.2. The van der Waals surface area contributed by atoms with Gasteiger partial charge in [0, 0.05) is 12.8 Å². The van der Waals surface area contributed by atoms with Crippen LogP contribution in [0.1, 0.15) is 310 Å². The Kier molecular flexibility index (Phi) is 54.7. The summed E-state index contributed by atoms with van der Waals surface area (Å²) in [6.07, 6.45) is 69.6. The van der Waals surface area contributed by atoms with Crippen molar-refractivity contribution in [3.8, 4) is 0 Å². The van der Waals surface area contributed by atoms with Gasteiger partial charge in [0.05, 0.1) is 33.8 Å². The Morgan fingerprint density at radius 1 is 0.461 bits per heavy atom. The molecule has 0 aliphatic carbocycles. The molecule has 0 aromatic heterocycles. The summed E-state index contributed by atoms with van der Waals surface area (Å²) in [5.41, 5.74) is 0. The van der Waals surface area contributed by atoms with Crippen molar-refractivity contribution in [2.24, 2.45) is 0 Å². The number of carbonyl (C=O) groups is 2. The van der Waals surface area contributed by atoms with Gasteiger partial charge in [0.2, 0.25) is 5.91 Å². The third-order valence-corrected chi connectivity index (χ3v) is 15.5. The number of phosphoric acid groups is 1. The number of nitrogens with one attached hydrogen (secondary N) is 1. The Bertz CT molecular complexity index is 1440.